The first kappa shape index (κ1) is 15.0. The summed E-state index contributed by atoms with van der Waals surface area (Å²) in [6.45, 7) is 0. The molecule has 2 atom stereocenters. The number of hydrogen-bond acceptors (Lipinski definition) is 3. The van der Waals surface area contributed by atoms with Crippen LogP contribution in [0.2, 0.25) is 0 Å². The Bertz CT molecular complexity index is 553. The maximum Gasteiger partial charge on any atom is 0.307 e. The van der Waals surface area contributed by atoms with Crippen LogP contribution < -0.4 is 11.1 Å². The number of carboxylic acids is 1. The molecule has 0 radical (unpaired) electrons. The minimum Gasteiger partial charge on any atom is -0.481 e. The van der Waals surface area contributed by atoms with Gasteiger partial charge >= 0.3 is 5.97 Å². The van der Waals surface area contributed by atoms with Gasteiger partial charge in [-0.25, -0.2) is 0 Å². The van der Waals surface area contributed by atoms with Gasteiger partial charge in [0.2, 0.25) is 11.8 Å². The number of nitrogens with one attached hydrogen (secondary N) is 1. The summed E-state index contributed by atoms with van der Waals surface area (Å²) in [5, 5.41) is 11.9. The molecule has 21 heavy (non-hydrogen) atoms. The molecule has 0 spiro atoms. The van der Waals surface area contributed by atoms with Crippen LogP contribution in [0.25, 0.3) is 0 Å². The van der Waals surface area contributed by atoms with E-state index in [2.05, 4.69) is 5.32 Å². The third-order valence-corrected chi connectivity index (χ3v) is 3.86. The van der Waals surface area contributed by atoms with Crippen molar-refractivity contribution in [3.05, 3.63) is 29.8 Å². The second-order valence-corrected chi connectivity index (χ2v) is 5.27. The number of hydrogen-bond donors (Lipinski definition) is 3. The van der Waals surface area contributed by atoms with Crippen LogP contribution in [-0.4, -0.2) is 22.9 Å². The Labute approximate surface area is 122 Å². The molecule has 4 N–H and O–H groups in total. The molecule has 6 heteroatoms. The highest BCUT2D eigenvalue weighted by molar-refractivity contribution is 5.96. The van der Waals surface area contributed by atoms with Crippen LogP contribution in [0.4, 0.5) is 5.69 Å². The summed E-state index contributed by atoms with van der Waals surface area (Å²) in [6, 6.07) is 6.20. The fourth-order valence-electron chi connectivity index (χ4n) is 2.69. The average Bonchev–Trinajstić information content (AvgIpc) is 2.47. The lowest BCUT2D eigenvalue weighted by Gasteiger charge is -2.27. The molecule has 112 valence electrons. The van der Waals surface area contributed by atoms with Gasteiger partial charge in [0.25, 0.3) is 0 Å². The Balaban J connectivity index is 2.05. The molecule has 0 aromatic heterocycles. The molecular formula is C15H18N2O4. The predicted octanol–water partition coefficient (Wildman–Crippen LogP) is 1.61. The van der Waals surface area contributed by atoms with E-state index in [1.54, 1.807) is 12.1 Å². The van der Waals surface area contributed by atoms with Crippen LogP contribution in [0.1, 0.15) is 36.0 Å². The monoisotopic (exact) mass is 290 g/mol. The van der Waals surface area contributed by atoms with Crippen LogP contribution in [0, 0.1) is 11.8 Å². The Morgan fingerprint density at radius 3 is 2.14 bits per heavy atom. The molecule has 6 nitrogen and oxygen atoms in total. The highest BCUT2D eigenvalue weighted by Gasteiger charge is 2.35. The molecule has 2 amide bonds. The minimum absolute atomic E-state index is 0.283. The molecule has 1 saturated carbocycles. The lowest BCUT2D eigenvalue weighted by atomic mass is 9.78. The topological polar surface area (TPSA) is 109 Å². The van der Waals surface area contributed by atoms with Crippen molar-refractivity contribution in [1.82, 2.24) is 0 Å². The van der Waals surface area contributed by atoms with E-state index in [1.165, 1.54) is 12.1 Å². The van der Waals surface area contributed by atoms with Gasteiger partial charge in [-0.15, -0.1) is 0 Å². The number of carboxylic acid groups (broad SMARTS) is 1. The Hall–Kier alpha value is -2.37. The summed E-state index contributed by atoms with van der Waals surface area (Å²) in [5.74, 6) is -2.87. The molecule has 0 unspecified atom stereocenters. The number of anilines is 1. The summed E-state index contributed by atoms with van der Waals surface area (Å²) in [7, 11) is 0. The van der Waals surface area contributed by atoms with E-state index in [0.29, 0.717) is 24.1 Å². The zero-order valence-electron chi connectivity index (χ0n) is 11.5. The Morgan fingerprint density at radius 1 is 1.05 bits per heavy atom. The van der Waals surface area contributed by atoms with Crippen molar-refractivity contribution in [2.45, 2.75) is 25.7 Å². The number of carbonyl (C=O) groups excluding carboxylic acids is 2. The van der Waals surface area contributed by atoms with Crippen molar-refractivity contribution in [2.75, 3.05) is 5.32 Å². The molecule has 1 fully saturated rings. The van der Waals surface area contributed by atoms with E-state index in [4.69, 9.17) is 5.73 Å². The minimum atomic E-state index is -0.918. The quantitative estimate of drug-likeness (QED) is 0.782. The first-order valence-electron chi connectivity index (χ1n) is 6.92. The molecule has 0 bridgehead atoms. The van der Waals surface area contributed by atoms with E-state index < -0.39 is 23.7 Å². The number of rotatable bonds is 4. The second-order valence-electron chi connectivity index (χ2n) is 5.27. The number of nitrogens with two attached hydrogens (primary N) is 1. The molecular weight excluding hydrogens is 272 g/mol. The maximum atomic E-state index is 12.2. The van der Waals surface area contributed by atoms with Crippen LogP contribution in [0.5, 0.6) is 0 Å². The normalized spacial score (nSPS) is 21.5. The fraction of sp³-hybridized carbons (Fsp3) is 0.400. The first-order chi connectivity index (χ1) is 9.99. The second kappa shape index (κ2) is 6.39. The van der Waals surface area contributed by atoms with Crippen molar-refractivity contribution in [1.29, 1.82) is 0 Å². The molecule has 0 saturated heterocycles. The van der Waals surface area contributed by atoms with E-state index in [0.717, 1.165) is 12.8 Å². The smallest absolute Gasteiger partial charge is 0.307 e. The largest absolute Gasteiger partial charge is 0.481 e. The van der Waals surface area contributed by atoms with Crippen molar-refractivity contribution in [3.8, 4) is 0 Å². The zero-order valence-corrected chi connectivity index (χ0v) is 11.5. The van der Waals surface area contributed by atoms with Gasteiger partial charge in [-0.1, -0.05) is 12.8 Å². The Morgan fingerprint density at radius 2 is 1.62 bits per heavy atom. The van der Waals surface area contributed by atoms with Gasteiger partial charge in [0.15, 0.2) is 0 Å². The number of primary amides is 1. The standard InChI is InChI=1S/C15H18N2O4/c16-13(18)9-5-7-10(8-6-9)17-14(19)11-3-1-2-4-12(11)15(20)21/h5-8,11-12H,1-4H2,(H2,16,18)(H,17,19)(H,20,21)/t11-,12-/m1/s1. The SMILES string of the molecule is NC(=O)c1ccc(NC(=O)[C@@H]2CCCC[C@H]2C(=O)O)cc1. The molecule has 1 aliphatic rings. The highest BCUT2D eigenvalue weighted by atomic mass is 16.4. The van der Waals surface area contributed by atoms with Crippen LogP contribution in [-0.2, 0) is 9.59 Å². The molecule has 0 aliphatic heterocycles. The third kappa shape index (κ3) is 3.59. The van der Waals surface area contributed by atoms with Crippen molar-refractivity contribution in [3.63, 3.8) is 0 Å². The van der Waals surface area contributed by atoms with Gasteiger partial charge in [0.1, 0.15) is 0 Å². The van der Waals surface area contributed by atoms with Crippen molar-refractivity contribution < 1.29 is 19.5 Å². The molecule has 1 aliphatic carbocycles. The Kier molecular flexibility index (Phi) is 4.57. The predicted molar refractivity (Wildman–Crippen MR) is 76.7 cm³/mol. The summed E-state index contributed by atoms with van der Waals surface area (Å²) < 4.78 is 0. The van der Waals surface area contributed by atoms with E-state index >= 15 is 0 Å². The van der Waals surface area contributed by atoms with Gasteiger partial charge in [-0.05, 0) is 37.1 Å². The number of carbonyl (C=O) groups is 3. The van der Waals surface area contributed by atoms with Gasteiger partial charge < -0.3 is 16.2 Å². The lowest BCUT2D eigenvalue weighted by molar-refractivity contribution is -0.147. The highest BCUT2D eigenvalue weighted by Crippen LogP contribution is 2.31. The number of amides is 2. The van der Waals surface area contributed by atoms with Gasteiger partial charge in [-0.2, -0.15) is 0 Å². The number of benzene rings is 1. The average molecular weight is 290 g/mol. The summed E-state index contributed by atoms with van der Waals surface area (Å²) in [5.41, 5.74) is 6.03. The van der Waals surface area contributed by atoms with Gasteiger partial charge in [0, 0.05) is 11.3 Å². The summed E-state index contributed by atoms with van der Waals surface area (Å²) >= 11 is 0. The van der Waals surface area contributed by atoms with Crippen molar-refractivity contribution >= 4 is 23.5 Å². The van der Waals surface area contributed by atoms with E-state index in [-0.39, 0.29) is 5.91 Å². The van der Waals surface area contributed by atoms with Crippen LogP contribution in [0.3, 0.4) is 0 Å². The maximum absolute atomic E-state index is 12.2. The van der Waals surface area contributed by atoms with Crippen LogP contribution in [0.15, 0.2) is 24.3 Å². The summed E-state index contributed by atoms with van der Waals surface area (Å²) in [4.78, 5) is 34.4. The zero-order chi connectivity index (χ0) is 15.4. The molecule has 1 aromatic carbocycles. The molecule has 0 heterocycles. The lowest BCUT2D eigenvalue weighted by Crippen LogP contribution is -2.36. The van der Waals surface area contributed by atoms with Gasteiger partial charge in [0.05, 0.1) is 11.8 Å². The van der Waals surface area contributed by atoms with E-state index in [1.807, 2.05) is 0 Å². The number of aliphatic carboxylic acids is 1. The van der Waals surface area contributed by atoms with Crippen LogP contribution >= 0.6 is 0 Å². The fourth-order valence-corrected chi connectivity index (χ4v) is 2.69. The third-order valence-electron chi connectivity index (χ3n) is 3.86. The summed E-state index contributed by atoms with van der Waals surface area (Å²) in [6.07, 6.45) is 2.83. The van der Waals surface area contributed by atoms with E-state index in [9.17, 15) is 19.5 Å². The molecule has 1 aromatic rings. The first-order valence-corrected chi connectivity index (χ1v) is 6.92. The molecule has 2 rings (SSSR count). The van der Waals surface area contributed by atoms with Crippen molar-refractivity contribution in [2.24, 2.45) is 17.6 Å². The van der Waals surface area contributed by atoms with Gasteiger partial charge in [-0.3, -0.25) is 14.4 Å².